The molecule has 0 bridgehead atoms. The first-order valence-corrected chi connectivity index (χ1v) is 9.15. The average Bonchev–Trinajstić information content (AvgIpc) is 2.95. The van der Waals surface area contributed by atoms with Crippen LogP contribution >= 0.6 is 15.9 Å². The fourth-order valence-electron chi connectivity index (χ4n) is 3.72. The maximum absolute atomic E-state index is 11.6. The minimum Gasteiger partial charge on any atom is -0.495 e. The van der Waals surface area contributed by atoms with Gasteiger partial charge in [-0.15, -0.1) is 0 Å². The summed E-state index contributed by atoms with van der Waals surface area (Å²) < 4.78 is 8.40. The van der Waals surface area contributed by atoms with Crippen molar-refractivity contribution >= 4 is 32.7 Å². The zero-order valence-electron chi connectivity index (χ0n) is 14.6. The number of nitrogens with zero attached hydrogens (tertiary/aromatic N) is 3. The van der Waals surface area contributed by atoms with Gasteiger partial charge in [-0.3, -0.25) is 9.48 Å². The van der Waals surface area contributed by atoms with Crippen LogP contribution in [0.4, 0.5) is 0 Å². The molecule has 1 aliphatic carbocycles. The number of carbonyl (C=O) groups is 1. The molecular formula is C18H24BrN3O2. The molecule has 130 valence electrons. The van der Waals surface area contributed by atoms with E-state index in [-0.39, 0.29) is 5.91 Å². The van der Waals surface area contributed by atoms with Crippen LogP contribution in [0, 0.1) is 5.92 Å². The second kappa shape index (κ2) is 6.75. The van der Waals surface area contributed by atoms with Crippen LogP contribution in [0.15, 0.2) is 22.8 Å². The SMILES string of the molecule is COc1cc2nn([C@H]3CCC(N(C)C(C)=O)C[C@H]3C)cc2cc1Br. The van der Waals surface area contributed by atoms with Gasteiger partial charge in [0.05, 0.1) is 23.1 Å². The zero-order valence-corrected chi connectivity index (χ0v) is 16.2. The molecule has 0 aliphatic heterocycles. The van der Waals surface area contributed by atoms with Gasteiger partial charge in [-0.05, 0) is 47.2 Å². The van der Waals surface area contributed by atoms with Crippen molar-refractivity contribution in [1.29, 1.82) is 0 Å². The second-order valence-electron chi connectivity index (χ2n) is 6.80. The molecule has 3 rings (SSSR count). The van der Waals surface area contributed by atoms with Gasteiger partial charge in [0, 0.05) is 37.7 Å². The average molecular weight is 394 g/mol. The number of ether oxygens (including phenoxy) is 1. The van der Waals surface area contributed by atoms with E-state index in [1.54, 1.807) is 14.0 Å². The van der Waals surface area contributed by atoms with Gasteiger partial charge in [0.1, 0.15) is 5.75 Å². The third-order valence-corrected chi connectivity index (χ3v) is 5.90. The standard InChI is InChI=1S/C18H24BrN3O2/c1-11-7-14(21(3)12(2)23)5-6-17(11)22-10-13-8-15(19)18(24-4)9-16(13)20-22/h8-11,14,17H,5-7H2,1-4H3/t11-,14?,17+/m1/s1. The van der Waals surface area contributed by atoms with E-state index in [4.69, 9.17) is 9.84 Å². The quantitative estimate of drug-likeness (QED) is 0.790. The Labute approximate surface area is 151 Å². The van der Waals surface area contributed by atoms with Gasteiger partial charge in [0.25, 0.3) is 0 Å². The summed E-state index contributed by atoms with van der Waals surface area (Å²) in [6.45, 7) is 3.90. The Hall–Kier alpha value is -1.56. The number of hydrogen-bond donors (Lipinski definition) is 0. The third kappa shape index (κ3) is 3.16. The highest BCUT2D eigenvalue weighted by Crippen LogP contribution is 2.37. The molecule has 0 spiro atoms. The summed E-state index contributed by atoms with van der Waals surface area (Å²) in [5.74, 6) is 1.42. The topological polar surface area (TPSA) is 47.4 Å². The first-order chi connectivity index (χ1) is 11.4. The van der Waals surface area contributed by atoms with Crippen molar-refractivity contribution in [3.63, 3.8) is 0 Å². The molecule has 0 saturated heterocycles. The number of fused-ring (bicyclic) bond motifs is 1. The molecule has 1 saturated carbocycles. The predicted octanol–water partition coefficient (Wildman–Crippen LogP) is 4.02. The summed E-state index contributed by atoms with van der Waals surface area (Å²) in [7, 11) is 3.57. The van der Waals surface area contributed by atoms with Gasteiger partial charge in [0.2, 0.25) is 5.91 Å². The number of methoxy groups -OCH3 is 1. The maximum Gasteiger partial charge on any atom is 0.219 e. The Bertz CT molecular complexity index is 758. The normalized spacial score (nSPS) is 24.1. The van der Waals surface area contributed by atoms with Crippen molar-refractivity contribution in [1.82, 2.24) is 14.7 Å². The minimum atomic E-state index is 0.146. The van der Waals surface area contributed by atoms with Crippen LogP contribution in [0.1, 0.15) is 39.2 Å². The molecule has 1 aromatic heterocycles. The fraction of sp³-hybridized carbons (Fsp3) is 0.556. The van der Waals surface area contributed by atoms with Gasteiger partial charge in [0.15, 0.2) is 0 Å². The largest absolute Gasteiger partial charge is 0.495 e. The highest BCUT2D eigenvalue weighted by atomic mass is 79.9. The van der Waals surface area contributed by atoms with E-state index in [1.165, 1.54) is 0 Å². The molecule has 0 N–H and O–H groups in total. The third-order valence-electron chi connectivity index (χ3n) is 5.28. The van der Waals surface area contributed by atoms with E-state index >= 15 is 0 Å². The Morgan fingerprint density at radius 2 is 2.17 bits per heavy atom. The lowest BCUT2D eigenvalue weighted by molar-refractivity contribution is -0.130. The summed E-state index contributed by atoms with van der Waals surface area (Å²) >= 11 is 3.53. The van der Waals surface area contributed by atoms with E-state index < -0.39 is 0 Å². The zero-order chi connectivity index (χ0) is 17.4. The fourth-order valence-corrected chi connectivity index (χ4v) is 4.25. The number of rotatable bonds is 3. The summed E-state index contributed by atoms with van der Waals surface area (Å²) in [5.41, 5.74) is 0.949. The van der Waals surface area contributed by atoms with Crippen molar-refractivity contribution in [3.05, 3.63) is 22.8 Å². The van der Waals surface area contributed by atoms with Crippen LogP contribution in [0.2, 0.25) is 0 Å². The Morgan fingerprint density at radius 3 is 2.79 bits per heavy atom. The van der Waals surface area contributed by atoms with Crippen molar-refractivity contribution in [3.8, 4) is 5.75 Å². The molecule has 5 nitrogen and oxygen atoms in total. The highest BCUT2D eigenvalue weighted by molar-refractivity contribution is 9.10. The molecule has 24 heavy (non-hydrogen) atoms. The molecule has 0 radical (unpaired) electrons. The Morgan fingerprint density at radius 1 is 1.42 bits per heavy atom. The van der Waals surface area contributed by atoms with Crippen LogP contribution in [0.3, 0.4) is 0 Å². The van der Waals surface area contributed by atoms with E-state index in [0.29, 0.717) is 18.0 Å². The second-order valence-corrected chi connectivity index (χ2v) is 7.65. The number of amides is 1. The monoisotopic (exact) mass is 393 g/mol. The smallest absolute Gasteiger partial charge is 0.219 e. The summed E-state index contributed by atoms with van der Waals surface area (Å²) in [6, 6.07) is 4.74. The Balaban J connectivity index is 1.82. The van der Waals surface area contributed by atoms with Crippen LogP contribution in [0.25, 0.3) is 10.9 Å². The molecule has 6 heteroatoms. The number of hydrogen-bond acceptors (Lipinski definition) is 3. The number of benzene rings is 1. The molecular weight excluding hydrogens is 370 g/mol. The minimum absolute atomic E-state index is 0.146. The van der Waals surface area contributed by atoms with Gasteiger partial charge in [-0.1, -0.05) is 6.92 Å². The summed E-state index contributed by atoms with van der Waals surface area (Å²) in [5, 5.41) is 5.89. The first-order valence-electron chi connectivity index (χ1n) is 8.36. The molecule has 1 aromatic carbocycles. The predicted molar refractivity (Wildman–Crippen MR) is 98.3 cm³/mol. The Kier molecular flexibility index (Phi) is 4.85. The maximum atomic E-state index is 11.6. The molecule has 2 aromatic rings. The highest BCUT2D eigenvalue weighted by Gasteiger charge is 2.32. The van der Waals surface area contributed by atoms with Crippen LogP contribution in [-0.4, -0.2) is 40.8 Å². The van der Waals surface area contributed by atoms with E-state index in [0.717, 1.165) is 40.4 Å². The van der Waals surface area contributed by atoms with Gasteiger partial charge in [-0.2, -0.15) is 5.10 Å². The van der Waals surface area contributed by atoms with Gasteiger partial charge < -0.3 is 9.64 Å². The molecule has 1 aliphatic rings. The molecule has 1 heterocycles. The lowest BCUT2D eigenvalue weighted by Gasteiger charge is -2.38. The van der Waals surface area contributed by atoms with Crippen molar-refractivity contribution in [2.24, 2.45) is 5.92 Å². The van der Waals surface area contributed by atoms with Gasteiger partial charge >= 0.3 is 0 Å². The molecule has 3 atom stereocenters. The van der Waals surface area contributed by atoms with Crippen molar-refractivity contribution in [2.75, 3.05) is 14.2 Å². The molecule has 1 amide bonds. The van der Waals surface area contributed by atoms with E-state index in [2.05, 4.69) is 39.8 Å². The summed E-state index contributed by atoms with van der Waals surface area (Å²) in [6.07, 6.45) is 5.20. The van der Waals surface area contributed by atoms with Crippen LogP contribution in [-0.2, 0) is 4.79 Å². The van der Waals surface area contributed by atoms with E-state index in [9.17, 15) is 4.79 Å². The number of halogens is 1. The molecule has 1 fully saturated rings. The van der Waals surface area contributed by atoms with E-state index in [1.807, 2.05) is 18.0 Å². The lowest BCUT2D eigenvalue weighted by Crippen LogP contribution is -2.41. The summed E-state index contributed by atoms with van der Waals surface area (Å²) in [4.78, 5) is 13.5. The van der Waals surface area contributed by atoms with Crippen LogP contribution in [0.5, 0.6) is 5.75 Å². The lowest BCUT2D eigenvalue weighted by atomic mass is 9.82. The number of carbonyl (C=O) groups excluding carboxylic acids is 1. The van der Waals surface area contributed by atoms with Crippen molar-refractivity contribution in [2.45, 2.75) is 45.2 Å². The number of aromatic nitrogens is 2. The van der Waals surface area contributed by atoms with Crippen molar-refractivity contribution < 1.29 is 9.53 Å². The first kappa shape index (κ1) is 17.3. The molecule has 1 unspecified atom stereocenters. The van der Waals surface area contributed by atoms with Crippen LogP contribution < -0.4 is 4.74 Å². The van der Waals surface area contributed by atoms with Gasteiger partial charge in [-0.25, -0.2) is 0 Å².